The van der Waals surface area contributed by atoms with Gasteiger partial charge in [0.2, 0.25) is 0 Å². The monoisotopic (exact) mass is 452 g/mol. The first-order valence-corrected chi connectivity index (χ1v) is 8.55. The van der Waals surface area contributed by atoms with E-state index in [9.17, 15) is 5.11 Å². The molecule has 0 bridgehead atoms. The second-order valence-electron chi connectivity index (χ2n) is 5.50. The van der Waals surface area contributed by atoms with E-state index in [1.165, 1.54) is 7.11 Å². The summed E-state index contributed by atoms with van der Waals surface area (Å²) in [6, 6.07) is 5.49. The zero-order valence-electron chi connectivity index (χ0n) is 14.2. The Balaban J connectivity index is 2.02. The average molecular weight is 452 g/mol. The van der Waals surface area contributed by atoms with E-state index in [0.717, 1.165) is 17.0 Å². The molecular formula is C16H17IN6O2. The van der Waals surface area contributed by atoms with Crippen molar-refractivity contribution in [3.8, 4) is 17.4 Å². The maximum Gasteiger partial charge on any atom is 0.273 e. The Hall–Kier alpha value is -2.43. The summed E-state index contributed by atoms with van der Waals surface area (Å²) < 4.78 is 9.17. The molecule has 0 saturated heterocycles. The Bertz CT molecular complexity index is 960. The third-order valence-corrected chi connectivity index (χ3v) is 4.39. The van der Waals surface area contributed by atoms with Gasteiger partial charge < -0.3 is 9.84 Å². The predicted octanol–water partition coefficient (Wildman–Crippen LogP) is 2.59. The van der Waals surface area contributed by atoms with E-state index in [1.54, 1.807) is 21.6 Å². The molecular weight excluding hydrogens is 435 g/mol. The van der Waals surface area contributed by atoms with Crippen molar-refractivity contribution in [3.05, 3.63) is 44.5 Å². The van der Waals surface area contributed by atoms with Crippen LogP contribution in [0.2, 0.25) is 0 Å². The van der Waals surface area contributed by atoms with Gasteiger partial charge in [-0.15, -0.1) is 10.2 Å². The molecule has 0 fully saturated rings. The van der Waals surface area contributed by atoms with Gasteiger partial charge in [0.05, 0.1) is 22.6 Å². The second-order valence-corrected chi connectivity index (χ2v) is 6.66. The zero-order chi connectivity index (χ0) is 18.1. The van der Waals surface area contributed by atoms with E-state index in [0.29, 0.717) is 21.1 Å². The van der Waals surface area contributed by atoms with Gasteiger partial charge in [-0.2, -0.15) is 14.9 Å². The molecule has 0 amide bonds. The van der Waals surface area contributed by atoms with Crippen molar-refractivity contribution in [2.24, 2.45) is 5.10 Å². The third-order valence-electron chi connectivity index (χ3n) is 3.57. The molecule has 1 N–H and O–H groups in total. The first-order valence-electron chi connectivity index (χ1n) is 7.47. The number of methoxy groups -OCH3 is 1. The van der Waals surface area contributed by atoms with Crippen LogP contribution in [0.1, 0.15) is 22.8 Å². The Morgan fingerprint density at radius 1 is 1.20 bits per heavy atom. The summed E-state index contributed by atoms with van der Waals surface area (Å²) in [7, 11) is 1.51. The molecule has 0 aliphatic carbocycles. The van der Waals surface area contributed by atoms with Crippen LogP contribution in [0.3, 0.4) is 0 Å². The molecule has 3 rings (SSSR count). The van der Waals surface area contributed by atoms with E-state index >= 15 is 0 Å². The largest absolute Gasteiger partial charge is 0.504 e. The zero-order valence-corrected chi connectivity index (χ0v) is 16.4. The van der Waals surface area contributed by atoms with Gasteiger partial charge in [0.25, 0.3) is 5.95 Å². The number of ether oxygens (including phenoxy) is 1. The van der Waals surface area contributed by atoms with Crippen molar-refractivity contribution in [3.63, 3.8) is 0 Å². The number of aromatic hydroxyl groups is 1. The second kappa shape index (κ2) is 6.82. The van der Waals surface area contributed by atoms with E-state index < -0.39 is 0 Å². The van der Waals surface area contributed by atoms with Crippen molar-refractivity contribution in [1.29, 1.82) is 0 Å². The van der Waals surface area contributed by atoms with Crippen molar-refractivity contribution in [2.75, 3.05) is 7.11 Å². The minimum absolute atomic E-state index is 0.115. The van der Waals surface area contributed by atoms with Crippen LogP contribution in [0, 0.1) is 24.3 Å². The third kappa shape index (κ3) is 3.36. The van der Waals surface area contributed by atoms with Crippen LogP contribution < -0.4 is 4.74 Å². The molecule has 0 spiro atoms. The fourth-order valence-corrected chi connectivity index (χ4v) is 3.02. The van der Waals surface area contributed by atoms with Crippen LogP contribution >= 0.6 is 22.6 Å². The minimum atomic E-state index is 0.115. The van der Waals surface area contributed by atoms with Crippen molar-refractivity contribution in [2.45, 2.75) is 20.8 Å². The fourth-order valence-electron chi connectivity index (χ4n) is 2.39. The van der Waals surface area contributed by atoms with Gasteiger partial charge in [0, 0.05) is 5.69 Å². The molecule has 0 saturated carbocycles. The highest BCUT2D eigenvalue weighted by Gasteiger charge is 2.14. The van der Waals surface area contributed by atoms with Crippen molar-refractivity contribution in [1.82, 2.24) is 24.7 Å². The smallest absolute Gasteiger partial charge is 0.273 e. The van der Waals surface area contributed by atoms with Gasteiger partial charge in [0.1, 0.15) is 0 Å². The molecule has 0 radical (unpaired) electrons. The number of hydrogen-bond donors (Lipinski definition) is 1. The Kier molecular flexibility index (Phi) is 4.75. The molecule has 8 nitrogen and oxygen atoms in total. The lowest BCUT2D eigenvalue weighted by atomic mass is 10.2. The molecule has 0 aliphatic heterocycles. The van der Waals surface area contributed by atoms with Crippen LogP contribution in [0.4, 0.5) is 0 Å². The van der Waals surface area contributed by atoms with Crippen molar-refractivity contribution >= 4 is 28.8 Å². The number of benzene rings is 1. The first-order chi connectivity index (χ1) is 11.9. The van der Waals surface area contributed by atoms with Crippen LogP contribution in [0.25, 0.3) is 5.95 Å². The molecule has 3 aromatic rings. The summed E-state index contributed by atoms with van der Waals surface area (Å²) in [5.41, 5.74) is 2.63. The maximum atomic E-state index is 9.93. The number of halogens is 1. The Morgan fingerprint density at radius 3 is 2.60 bits per heavy atom. The fraction of sp³-hybridized carbons (Fsp3) is 0.250. The molecule has 0 aliphatic rings. The van der Waals surface area contributed by atoms with Gasteiger partial charge in [0.15, 0.2) is 17.3 Å². The number of aromatic nitrogens is 5. The molecule has 25 heavy (non-hydrogen) atoms. The van der Waals surface area contributed by atoms with Gasteiger partial charge in [-0.05, 0) is 67.1 Å². The Labute approximate surface area is 158 Å². The highest BCUT2D eigenvalue weighted by molar-refractivity contribution is 14.1. The van der Waals surface area contributed by atoms with E-state index in [-0.39, 0.29) is 5.75 Å². The Morgan fingerprint density at radius 2 is 1.96 bits per heavy atom. The number of phenols is 1. The SMILES string of the molecule is COc1cc(C=Nn2c(C)nnc2-n2nc(C)cc2C)cc(I)c1O. The number of phenolic OH excluding ortho intramolecular Hbond substituents is 1. The summed E-state index contributed by atoms with van der Waals surface area (Å²) in [5, 5.41) is 27.1. The summed E-state index contributed by atoms with van der Waals surface area (Å²) >= 11 is 2.04. The molecule has 2 heterocycles. The molecule has 130 valence electrons. The summed E-state index contributed by atoms with van der Waals surface area (Å²) in [6.45, 7) is 5.69. The number of aryl methyl sites for hydroxylation is 3. The van der Waals surface area contributed by atoms with E-state index in [4.69, 9.17) is 4.74 Å². The van der Waals surface area contributed by atoms with E-state index in [1.807, 2.05) is 55.5 Å². The molecule has 1 aromatic carbocycles. The topological polar surface area (TPSA) is 90.4 Å². The lowest BCUT2D eigenvalue weighted by Gasteiger charge is -2.07. The van der Waals surface area contributed by atoms with Gasteiger partial charge in [-0.1, -0.05) is 0 Å². The highest BCUT2D eigenvalue weighted by atomic mass is 127. The van der Waals surface area contributed by atoms with E-state index in [2.05, 4.69) is 20.4 Å². The first kappa shape index (κ1) is 17.4. The number of rotatable bonds is 4. The maximum absolute atomic E-state index is 9.93. The number of hydrogen-bond acceptors (Lipinski definition) is 6. The average Bonchev–Trinajstić information content (AvgIpc) is 3.09. The van der Waals surface area contributed by atoms with Gasteiger partial charge >= 0.3 is 0 Å². The lowest BCUT2D eigenvalue weighted by Crippen LogP contribution is -2.08. The molecule has 2 aromatic heterocycles. The molecule has 0 unspecified atom stereocenters. The van der Waals surface area contributed by atoms with Crippen LogP contribution in [0.15, 0.2) is 23.3 Å². The van der Waals surface area contributed by atoms with Crippen LogP contribution in [0.5, 0.6) is 11.5 Å². The molecule has 0 atom stereocenters. The van der Waals surface area contributed by atoms with Crippen LogP contribution in [-0.4, -0.2) is 43.1 Å². The summed E-state index contributed by atoms with van der Waals surface area (Å²) in [6.07, 6.45) is 1.66. The summed E-state index contributed by atoms with van der Waals surface area (Å²) in [5.74, 6) is 1.66. The standard InChI is InChI=1S/C16H17IN6O2/c1-9-5-10(2)22(21-9)16-20-19-11(3)23(16)18-8-12-6-13(17)15(24)14(7-12)25-4/h5-8,24H,1-4H3. The lowest BCUT2D eigenvalue weighted by molar-refractivity contribution is 0.371. The van der Waals surface area contributed by atoms with Gasteiger partial charge in [-0.25, -0.2) is 4.68 Å². The van der Waals surface area contributed by atoms with Crippen molar-refractivity contribution < 1.29 is 9.84 Å². The minimum Gasteiger partial charge on any atom is -0.504 e. The van der Waals surface area contributed by atoms with Crippen LogP contribution in [-0.2, 0) is 0 Å². The summed E-state index contributed by atoms with van der Waals surface area (Å²) in [4.78, 5) is 0. The normalized spacial score (nSPS) is 11.4. The number of nitrogens with zero attached hydrogens (tertiary/aromatic N) is 6. The van der Waals surface area contributed by atoms with Gasteiger partial charge in [-0.3, -0.25) is 0 Å². The quantitative estimate of drug-likeness (QED) is 0.486. The predicted molar refractivity (Wildman–Crippen MR) is 102 cm³/mol. The highest BCUT2D eigenvalue weighted by Crippen LogP contribution is 2.31. The molecule has 9 heteroatoms.